The van der Waals surface area contributed by atoms with Gasteiger partial charge in [-0.25, -0.2) is 19.9 Å². The zero-order valence-corrected chi connectivity index (χ0v) is 46.6. The average Bonchev–Trinajstić information content (AvgIpc) is 4.16. The van der Waals surface area contributed by atoms with Crippen molar-refractivity contribution in [2.24, 2.45) is 0 Å². The molecule has 10 heterocycles. The predicted octanol–water partition coefficient (Wildman–Crippen LogP) is 7.69. The van der Waals surface area contributed by atoms with Crippen LogP contribution in [0.3, 0.4) is 0 Å². The molecule has 0 saturated carbocycles. The minimum Gasteiger partial charge on any atom is -0.427 e. The second-order valence-electron chi connectivity index (χ2n) is 20.8. The number of nitrogens with one attached hydrogen (secondary N) is 1. The fourth-order valence-corrected chi connectivity index (χ4v) is 11.7. The molecule has 3 N–H and O–H groups in total. The van der Waals surface area contributed by atoms with Crippen LogP contribution in [0.1, 0.15) is 87.9 Å². The number of hydrogen-bond donors (Lipinski definition) is 2. The summed E-state index contributed by atoms with van der Waals surface area (Å²) in [5, 5.41) is 4.29. The number of piperazine rings is 1. The molecule has 7 aromatic rings. The quantitative estimate of drug-likeness (QED) is 0.0976. The molecule has 16 nitrogen and oxygen atoms in total. The van der Waals surface area contributed by atoms with Gasteiger partial charge in [0.05, 0.1) is 47.1 Å². The predicted molar refractivity (Wildman–Crippen MR) is 306 cm³/mol. The van der Waals surface area contributed by atoms with E-state index in [0.29, 0.717) is 40.9 Å². The van der Waals surface area contributed by atoms with Crippen LogP contribution in [0.15, 0.2) is 122 Å². The van der Waals surface area contributed by atoms with Crippen molar-refractivity contribution in [3.05, 3.63) is 162 Å². The Morgan fingerprint density at radius 1 is 0.662 bits per heavy atom. The smallest absolute Gasteiger partial charge is 0.298 e. The fraction of sp³-hybridized carbons (Fsp3) is 0.356. The first kappa shape index (κ1) is 54.7. The molecule has 77 heavy (non-hydrogen) atoms. The first-order valence-corrected chi connectivity index (χ1v) is 27.4. The molecule has 4 aromatic heterocycles. The highest BCUT2D eigenvalue weighted by molar-refractivity contribution is 9.10. The molecular weight excluding hydrogens is 1100 g/mol. The molecule has 3 unspecified atom stereocenters. The third kappa shape index (κ3) is 12.5. The zero-order valence-electron chi connectivity index (χ0n) is 43.5. The summed E-state index contributed by atoms with van der Waals surface area (Å²) in [7, 11) is 0. The lowest BCUT2D eigenvalue weighted by Crippen LogP contribution is -2.58. The molecule has 396 valence electrons. The molecule has 1 amide bonds. The van der Waals surface area contributed by atoms with Crippen LogP contribution in [0.4, 0.5) is 5.69 Å². The standard InChI is InChI=1S/C22H20N4O.C15H16BrN3O.C8H14N2O.C7H6BrNO2.C7H5N/c1-22-10-4-12-25(22)14-20-24-19-13-16(6-8-17-5-2-3-11-23-17)7-9-18(19)21(27)26(20)15-22;1-15-5-2-6-18(15)8-13-17-12-7-10(16)3-4-11(12)14(20)19(13)9-15;1-8-3-2-4-10(8)5-7(11)9-6-8;8-5-1-2-7(11-4-10)6(9)3-5;1-2-7-5-3-4-6-8-7/h2-3,5,7,9,11,13H,4,10,12,14-15H2,1H3;3-4,7H,2,5-6,8-9H2,1H3;2-6H2,1H3,(H,9,11);1-4H,9H2;1,3-6H. The Labute approximate surface area is 464 Å². The molecule has 18 heteroatoms. The van der Waals surface area contributed by atoms with Crippen molar-refractivity contribution in [2.75, 3.05) is 38.5 Å². The minimum atomic E-state index is 0.0620. The number of nitrogen functional groups attached to an aromatic ring is 1. The van der Waals surface area contributed by atoms with Crippen molar-refractivity contribution in [1.29, 1.82) is 0 Å². The van der Waals surface area contributed by atoms with Crippen LogP contribution >= 0.6 is 31.9 Å². The lowest BCUT2D eigenvalue weighted by atomic mass is 9.96. The highest BCUT2D eigenvalue weighted by atomic mass is 79.9. The maximum atomic E-state index is 13.1. The second-order valence-corrected chi connectivity index (χ2v) is 22.6. The summed E-state index contributed by atoms with van der Waals surface area (Å²) < 4.78 is 10.1. The van der Waals surface area contributed by atoms with E-state index in [1.54, 1.807) is 36.7 Å². The summed E-state index contributed by atoms with van der Waals surface area (Å²) in [6, 6.07) is 27.5. The Kier molecular flexibility index (Phi) is 16.8. The van der Waals surface area contributed by atoms with Gasteiger partial charge in [-0.1, -0.05) is 55.8 Å². The van der Waals surface area contributed by atoms with E-state index in [1.807, 2.05) is 75.9 Å². The highest BCUT2D eigenvalue weighted by Crippen LogP contribution is 2.37. The summed E-state index contributed by atoms with van der Waals surface area (Å²) in [4.78, 5) is 71.5. The molecular formula is C59H61Br2N11O5. The van der Waals surface area contributed by atoms with Gasteiger partial charge in [0, 0.05) is 63.2 Å². The van der Waals surface area contributed by atoms with Gasteiger partial charge in [-0.05, 0) is 164 Å². The normalized spacial score (nSPS) is 21.8. The Hall–Kier alpha value is -7.06. The summed E-state index contributed by atoms with van der Waals surface area (Å²) in [5.41, 5.74) is 10.3. The molecule has 4 fully saturated rings. The van der Waals surface area contributed by atoms with E-state index in [-0.39, 0.29) is 33.6 Å². The van der Waals surface area contributed by atoms with E-state index < -0.39 is 0 Å². The summed E-state index contributed by atoms with van der Waals surface area (Å²) in [5.74, 6) is 10.9. The van der Waals surface area contributed by atoms with Gasteiger partial charge in [0.15, 0.2) is 5.75 Å². The SMILES string of the molecule is C#Cc1ccccn1.CC12CCCN1CC(=O)NC2.CC12CCCN1Cc1nc3cc(Br)ccc3c(=O)n1C2.CC12CCCN1Cc1nc3cc(C#Cc4ccccn4)ccc3c(=O)n1C2.Nc1cc(Br)ccc1OC=O. The number of amides is 1. The van der Waals surface area contributed by atoms with Crippen LogP contribution in [0.25, 0.3) is 21.8 Å². The molecule has 13 rings (SSSR count). The number of nitrogens with two attached hydrogens (primary N) is 1. The third-order valence-electron chi connectivity index (χ3n) is 15.4. The number of anilines is 1. The number of hydrogen-bond acceptors (Lipinski definition) is 13. The molecule has 0 aliphatic carbocycles. The van der Waals surface area contributed by atoms with Crippen molar-refractivity contribution in [3.63, 3.8) is 0 Å². The van der Waals surface area contributed by atoms with Crippen LogP contribution in [-0.2, 0) is 35.8 Å². The number of carbonyl (C=O) groups excluding carboxylic acids is 2. The van der Waals surface area contributed by atoms with Crippen molar-refractivity contribution >= 4 is 71.7 Å². The third-order valence-corrected chi connectivity index (χ3v) is 16.4. The number of nitrogens with zero attached hydrogens (tertiary/aromatic N) is 9. The average molecular weight is 1160 g/mol. The fourth-order valence-electron chi connectivity index (χ4n) is 11.0. The largest absolute Gasteiger partial charge is 0.427 e. The topological polar surface area (TPSA) is 187 Å². The maximum Gasteiger partial charge on any atom is 0.298 e. The van der Waals surface area contributed by atoms with Crippen molar-refractivity contribution in [1.82, 2.24) is 49.1 Å². The number of benzene rings is 3. The number of pyridine rings is 2. The van der Waals surface area contributed by atoms with Gasteiger partial charge < -0.3 is 15.8 Å². The summed E-state index contributed by atoms with van der Waals surface area (Å²) in [6.07, 6.45) is 15.6. The number of carbonyl (C=O) groups is 2. The van der Waals surface area contributed by atoms with E-state index in [1.165, 1.54) is 25.7 Å². The van der Waals surface area contributed by atoms with Gasteiger partial charge >= 0.3 is 0 Å². The lowest BCUT2D eigenvalue weighted by molar-refractivity contribution is -0.126. The second kappa shape index (κ2) is 23.7. The number of halogens is 2. The molecule has 4 saturated heterocycles. The van der Waals surface area contributed by atoms with Crippen LogP contribution in [0.2, 0.25) is 0 Å². The summed E-state index contributed by atoms with van der Waals surface area (Å²) in [6.45, 7) is 14.9. The molecule has 6 aliphatic heterocycles. The number of terminal acetylenes is 1. The number of fused-ring (bicyclic) bond motifs is 7. The van der Waals surface area contributed by atoms with Gasteiger partial charge in [0.2, 0.25) is 5.91 Å². The van der Waals surface area contributed by atoms with E-state index >= 15 is 0 Å². The summed E-state index contributed by atoms with van der Waals surface area (Å²) >= 11 is 6.67. The first-order valence-electron chi connectivity index (χ1n) is 25.8. The zero-order chi connectivity index (χ0) is 54.3. The van der Waals surface area contributed by atoms with E-state index in [4.69, 9.17) is 22.1 Å². The van der Waals surface area contributed by atoms with Crippen LogP contribution in [0, 0.1) is 24.2 Å². The molecule has 6 aliphatic rings. The maximum absolute atomic E-state index is 13.1. The van der Waals surface area contributed by atoms with Gasteiger partial charge in [-0.15, -0.1) is 6.42 Å². The Balaban J connectivity index is 0.000000126. The Bertz CT molecular complexity index is 3560. The monoisotopic (exact) mass is 1160 g/mol. The Morgan fingerprint density at radius 3 is 1.74 bits per heavy atom. The molecule has 0 radical (unpaired) electrons. The number of ether oxygens (including phenoxy) is 1. The van der Waals surface area contributed by atoms with Crippen molar-refractivity contribution in [3.8, 4) is 29.9 Å². The Morgan fingerprint density at radius 2 is 1.19 bits per heavy atom. The van der Waals surface area contributed by atoms with Crippen molar-refractivity contribution in [2.45, 2.75) is 102 Å². The van der Waals surface area contributed by atoms with Crippen LogP contribution in [0.5, 0.6) is 5.75 Å². The van der Waals surface area contributed by atoms with Gasteiger partial charge in [-0.3, -0.25) is 43.0 Å². The first-order chi connectivity index (χ1) is 37.1. The number of rotatable bonds is 2. The van der Waals surface area contributed by atoms with Gasteiger partial charge in [-0.2, -0.15) is 0 Å². The van der Waals surface area contributed by atoms with E-state index in [2.05, 4.69) is 105 Å². The lowest BCUT2D eigenvalue weighted by Gasteiger charge is -2.40. The molecule has 3 aromatic carbocycles. The molecule has 0 spiro atoms. The van der Waals surface area contributed by atoms with Gasteiger partial charge in [0.1, 0.15) is 23.0 Å². The van der Waals surface area contributed by atoms with Crippen LogP contribution < -0.4 is 26.9 Å². The van der Waals surface area contributed by atoms with Crippen LogP contribution in [-0.4, -0.2) is 105 Å². The van der Waals surface area contributed by atoms with E-state index in [0.717, 1.165) is 108 Å². The van der Waals surface area contributed by atoms with Crippen molar-refractivity contribution < 1.29 is 14.3 Å². The number of aromatic nitrogens is 6. The van der Waals surface area contributed by atoms with E-state index in [9.17, 15) is 19.2 Å². The molecule has 3 atom stereocenters. The highest BCUT2D eigenvalue weighted by Gasteiger charge is 2.43. The minimum absolute atomic E-state index is 0.0620. The molecule has 0 bridgehead atoms. The van der Waals surface area contributed by atoms with Gasteiger partial charge in [0.25, 0.3) is 17.6 Å².